The zero-order chi connectivity index (χ0) is 17.2. The maximum absolute atomic E-state index is 12.6. The normalized spacial score (nSPS) is 14.3. The first kappa shape index (κ1) is 18.5. The number of hydrogen-bond donors (Lipinski definition) is 4. The van der Waals surface area contributed by atoms with Crippen LogP contribution in [0.1, 0.15) is 43.6 Å². The third-order valence-corrected chi connectivity index (χ3v) is 3.46. The second kappa shape index (κ2) is 7.14. The van der Waals surface area contributed by atoms with Gasteiger partial charge in [0, 0.05) is 24.2 Å². The largest absolute Gasteiger partial charge is 0.595 e. The molecule has 1 amide bonds. The molecule has 0 fully saturated rings. The van der Waals surface area contributed by atoms with E-state index in [4.69, 9.17) is 0 Å². The molecule has 0 aromatic heterocycles. The molecule has 1 aromatic carbocycles. The molecular weight excluding hydrogens is 290 g/mol. The molecule has 0 heterocycles. The van der Waals surface area contributed by atoms with Crippen molar-refractivity contribution in [1.29, 1.82) is 0 Å². The van der Waals surface area contributed by atoms with Gasteiger partial charge in [-0.2, -0.15) is 10.5 Å². The molecule has 2 atom stereocenters. The van der Waals surface area contributed by atoms with E-state index in [9.17, 15) is 25.6 Å². The fourth-order valence-corrected chi connectivity index (χ4v) is 2.50. The van der Waals surface area contributed by atoms with E-state index < -0.39 is 10.5 Å². The van der Waals surface area contributed by atoms with Crippen LogP contribution in [0.25, 0.3) is 0 Å². The molecule has 0 saturated carbocycles. The van der Waals surface area contributed by atoms with E-state index in [1.54, 1.807) is 4.90 Å². The quantitative estimate of drug-likeness (QED) is 0.574. The summed E-state index contributed by atoms with van der Waals surface area (Å²) >= 11 is 0. The van der Waals surface area contributed by atoms with E-state index >= 15 is 0 Å². The highest BCUT2D eigenvalue weighted by Gasteiger charge is 2.26. The van der Waals surface area contributed by atoms with Crippen molar-refractivity contribution in [2.45, 2.75) is 46.7 Å². The first-order valence-corrected chi connectivity index (χ1v) is 7.01. The lowest BCUT2D eigenvalue weighted by Gasteiger charge is -2.31. The Morgan fingerprint density at radius 2 is 1.41 bits per heavy atom. The van der Waals surface area contributed by atoms with Gasteiger partial charge in [-0.05, 0) is 34.6 Å². The van der Waals surface area contributed by atoms with Crippen LogP contribution in [0.15, 0.2) is 12.1 Å². The third kappa shape index (κ3) is 3.80. The van der Waals surface area contributed by atoms with Gasteiger partial charge < -0.3 is 15.3 Å². The lowest BCUT2D eigenvalue weighted by molar-refractivity contribution is -0.996. The second-order valence-electron chi connectivity index (χ2n) is 5.71. The van der Waals surface area contributed by atoms with Crippen LogP contribution >= 0.6 is 0 Å². The van der Waals surface area contributed by atoms with Gasteiger partial charge in [-0.3, -0.25) is 4.79 Å². The molecule has 1 aromatic rings. The van der Waals surface area contributed by atoms with Crippen molar-refractivity contribution >= 4 is 17.3 Å². The molecule has 124 valence electrons. The van der Waals surface area contributed by atoms with E-state index in [1.165, 1.54) is 19.1 Å². The molecule has 0 spiro atoms. The molecule has 22 heavy (non-hydrogen) atoms. The molecule has 0 aliphatic heterocycles. The minimum absolute atomic E-state index is 0.0720. The number of carbonyl (C=O) groups is 1. The molecular formula is C14H23N3O5. The Morgan fingerprint density at radius 3 is 1.68 bits per heavy atom. The zero-order valence-electron chi connectivity index (χ0n) is 13.4. The van der Waals surface area contributed by atoms with Crippen LogP contribution in [0.2, 0.25) is 0 Å². The summed E-state index contributed by atoms with van der Waals surface area (Å²) in [5.74, 6) is -0.380. The number of benzene rings is 1. The summed E-state index contributed by atoms with van der Waals surface area (Å²) in [6.07, 6.45) is 0. The van der Waals surface area contributed by atoms with Gasteiger partial charge in [-0.1, -0.05) is 0 Å². The van der Waals surface area contributed by atoms with Crippen LogP contribution in [0.3, 0.4) is 0 Å². The van der Waals surface area contributed by atoms with Crippen LogP contribution < -0.4 is 10.5 Å². The number of carbonyl (C=O) groups excluding carboxylic acids is 1. The fraction of sp³-hybridized carbons (Fsp3) is 0.500. The third-order valence-electron chi connectivity index (χ3n) is 3.46. The highest BCUT2D eigenvalue weighted by Crippen LogP contribution is 2.23. The summed E-state index contributed by atoms with van der Waals surface area (Å²) < 4.78 is 0. The van der Waals surface area contributed by atoms with Crippen molar-refractivity contribution in [2.75, 3.05) is 0 Å². The monoisotopic (exact) mass is 313 g/mol. The van der Waals surface area contributed by atoms with Gasteiger partial charge in [0.25, 0.3) is 5.91 Å². The highest BCUT2D eigenvalue weighted by atomic mass is 16.8. The van der Waals surface area contributed by atoms with Crippen LogP contribution in [0.4, 0.5) is 11.4 Å². The smallest absolute Gasteiger partial charge is 0.254 e. The number of amides is 1. The van der Waals surface area contributed by atoms with Gasteiger partial charge in [-0.15, -0.1) is 0 Å². The Balaban J connectivity index is 3.44. The first-order valence-electron chi connectivity index (χ1n) is 7.01. The van der Waals surface area contributed by atoms with Gasteiger partial charge >= 0.3 is 0 Å². The van der Waals surface area contributed by atoms with E-state index in [1.807, 2.05) is 27.7 Å². The van der Waals surface area contributed by atoms with E-state index in [-0.39, 0.29) is 40.5 Å². The Labute approximate surface area is 129 Å². The number of nitrogens with one attached hydrogen (secondary N) is 2. The molecule has 8 nitrogen and oxygen atoms in total. The van der Waals surface area contributed by atoms with Crippen molar-refractivity contribution in [3.63, 3.8) is 0 Å². The zero-order valence-corrected chi connectivity index (χ0v) is 13.4. The van der Waals surface area contributed by atoms with Gasteiger partial charge in [0.05, 0.1) is 11.1 Å². The van der Waals surface area contributed by atoms with Crippen molar-refractivity contribution < 1.29 is 25.7 Å². The number of hydrogen-bond acceptors (Lipinski definition) is 5. The summed E-state index contributed by atoms with van der Waals surface area (Å²) in [4.78, 5) is 14.2. The van der Waals surface area contributed by atoms with Crippen molar-refractivity contribution in [3.8, 4) is 0 Å². The van der Waals surface area contributed by atoms with Crippen molar-refractivity contribution in [3.05, 3.63) is 33.7 Å². The maximum atomic E-state index is 12.6. The average Bonchev–Trinajstić information content (AvgIpc) is 2.36. The number of nitrogens with zero attached hydrogens (tertiary/aromatic N) is 1. The molecule has 1 rings (SSSR count). The van der Waals surface area contributed by atoms with Gasteiger partial charge in [0.2, 0.25) is 0 Å². The van der Waals surface area contributed by atoms with Crippen LogP contribution in [-0.4, -0.2) is 33.3 Å². The Kier molecular flexibility index (Phi) is 6.00. The van der Waals surface area contributed by atoms with Gasteiger partial charge in [0.1, 0.15) is 0 Å². The lowest BCUT2D eigenvalue weighted by Crippen LogP contribution is -3.01. The molecule has 0 saturated heterocycles. The predicted octanol–water partition coefficient (Wildman–Crippen LogP) is 0.0608. The summed E-state index contributed by atoms with van der Waals surface area (Å²) in [5, 5.41) is 38.5. The number of quaternary nitrogens is 2. The number of rotatable bonds is 5. The molecule has 2 unspecified atom stereocenters. The van der Waals surface area contributed by atoms with Crippen LogP contribution in [0.5, 0.6) is 0 Å². The minimum atomic E-state index is -1.25. The molecule has 4 N–H and O–H groups in total. The molecule has 0 aliphatic rings. The Morgan fingerprint density at radius 1 is 1.05 bits per heavy atom. The van der Waals surface area contributed by atoms with E-state index in [0.29, 0.717) is 0 Å². The molecule has 0 bridgehead atoms. The van der Waals surface area contributed by atoms with E-state index in [2.05, 4.69) is 0 Å². The summed E-state index contributed by atoms with van der Waals surface area (Å²) in [7, 11) is 0. The minimum Gasteiger partial charge on any atom is -0.595 e. The maximum Gasteiger partial charge on any atom is 0.254 e. The summed E-state index contributed by atoms with van der Waals surface area (Å²) in [6.45, 7) is 8.82. The molecule has 8 heteroatoms. The average molecular weight is 313 g/mol. The standard InChI is InChI=1S/C14H23N3O5/c1-8(2)15(9(3)4)14(18)11-6-12(16(19)20)10(5)13(7-11)17(21)22/h6-9,16-17,19,21H,1-5H3. The SMILES string of the molecule is Cc1c([NH+]([O-])O)cc(C(=O)N(C(C)C)C(C)C)cc1[NH+]([O-])O. The topological polar surface area (TPSA) is 116 Å². The fourth-order valence-electron chi connectivity index (χ4n) is 2.50. The van der Waals surface area contributed by atoms with Crippen molar-refractivity contribution in [1.82, 2.24) is 4.90 Å². The summed E-state index contributed by atoms with van der Waals surface area (Å²) in [5.41, 5.74) is -0.133. The van der Waals surface area contributed by atoms with E-state index in [0.717, 1.165) is 0 Å². The van der Waals surface area contributed by atoms with Gasteiger partial charge in [-0.25, -0.2) is 10.4 Å². The summed E-state index contributed by atoms with van der Waals surface area (Å²) in [6, 6.07) is 2.31. The molecule has 0 aliphatic carbocycles. The predicted molar refractivity (Wildman–Crippen MR) is 79.2 cm³/mol. The van der Waals surface area contributed by atoms with Crippen LogP contribution in [0, 0.1) is 17.3 Å². The molecule has 0 radical (unpaired) electrons. The Bertz CT molecular complexity index is 506. The van der Waals surface area contributed by atoms with Gasteiger partial charge in [0.15, 0.2) is 11.4 Å². The first-order chi connectivity index (χ1) is 10.1. The Hall–Kier alpha value is -1.55. The van der Waals surface area contributed by atoms with Crippen molar-refractivity contribution in [2.24, 2.45) is 0 Å². The second-order valence-corrected chi connectivity index (χ2v) is 5.71. The highest BCUT2D eigenvalue weighted by molar-refractivity contribution is 5.96. The lowest BCUT2D eigenvalue weighted by atomic mass is 10.0. The van der Waals surface area contributed by atoms with Crippen LogP contribution in [-0.2, 0) is 0 Å².